The average molecular weight is 412 g/mol. The summed E-state index contributed by atoms with van der Waals surface area (Å²) in [6.07, 6.45) is 3.41. The van der Waals surface area contributed by atoms with E-state index in [2.05, 4.69) is 9.97 Å². The van der Waals surface area contributed by atoms with E-state index in [9.17, 15) is 9.18 Å². The molecule has 4 heterocycles. The largest absolute Gasteiger partial charge is 0.492 e. The van der Waals surface area contributed by atoms with E-state index in [1.165, 1.54) is 29.0 Å². The second-order valence-electron chi connectivity index (χ2n) is 7.13. The number of aryl methyl sites for hydroxylation is 1. The zero-order chi connectivity index (χ0) is 20.8. The van der Waals surface area contributed by atoms with Crippen molar-refractivity contribution in [2.24, 2.45) is 7.05 Å². The molecule has 0 radical (unpaired) electrons. The molecule has 30 heavy (non-hydrogen) atoms. The third-order valence-corrected chi connectivity index (χ3v) is 5.32. The van der Waals surface area contributed by atoms with Crippen LogP contribution in [0.5, 0.6) is 5.75 Å². The average Bonchev–Trinajstić information content (AvgIpc) is 2.95. The first kappa shape index (κ1) is 18.7. The fraction of sp³-hybridized carbons (Fsp3) is 0.286. The summed E-state index contributed by atoms with van der Waals surface area (Å²) in [6.45, 7) is 1.45. The van der Waals surface area contributed by atoms with E-state index in [4.69, 9.17) is 9.47 Å². The molecule has 0 N–H and O–H groups in total. The lowest BCUT2D eigenvalue weighted by Crippen LogP contribution is -2.24. The van der Waals surface area contributed by atoms with Crippen LogP contribution in [0.3, 0.4) is 0 Å². The van der Waals surface area contributed by atoms with Gasteiger partial charge in [0.15, 0.2) is 0 Å². The van der Waals surface area contributed by atoms with Crippen molar-refractivity contribution in [2.75, 3.05) is 19.8 Å². The number of hydrogen-bond donors (Lipinski definition) is 0. The van der Waals surface area contributed by atoms with Crippen molar-refractivity contribution in [3.05, 3.63) is 52.8 Å². The maximum Gasteiger partial charge on any atom is 0.328 e. The first-order valence-electron chi connectivity index (χ1n) is 9.59. The summed E-state index contributed by atoms with van der Waals surface area (Å²) in [5.74, 6) is -0.960. The Morgan fingerprint density at radius 2 is 1.97 bits per heavy atom. The lowest BCUT2D eigenvalue weighted by molar-refractivity contribution is 0.113. The Morgan fingerprint density at radius 3 is 2.77 bits per heavy atom. The van der Waals surface area contributed by atoms with E-state index >= 15 is 4.39 Å². The smallest absolute Gasteiger partial charge is 0.328 e. The number of imidazole rings is 1. The Morgan fingerprint density at radius 1 is 1.10 bits per heavy atom. The van der Waals surface area contributed by atoms with Crippen molar-refractivity contribution < 1.29 is 18.3 Å². The lowest BCUT2D eigenvalue weighted by Gasteiger charge is -2.16. The highest BCUT2D eigenvalue weighted by atomic mass is 19.1. The zero-order valence-electron chi connectivity index (χ0n) is 16.2. The van der Waals surface area contributed by atoms with Gasteiger partial charge in [0.05, 0.1) is 53.5 Å². The van der Waals surface area contributed by atoms with Crippen molar-refractivity contribution in [3.63, 3.8) is 0 Å². The third kappa shape index (κ3) is 2.85. The predicted octanol–water partition coefficient (Wildman–Crippen LogP) is 3.03. The quantitative estimate of drug-likeness (QED) is 0.450. The fourth-order valence-corrected chi connectivity index (χ4v) is 3.90. The van der Waals surface area contributed by atoms with Crippen molar-refractivity contribution in [3.8, 4) is 16.9 Å². The van der Waals surface area contributed by atoms with Gasteiger partial charge in [-0.3, -0.25) is 14.1 Å². The molecule has 4 aromatic rings. The molecule has 0 aliphatic carbocycles. The third-order valence-electron chi connectivity index (χ3n) is 5.32. The van der Waals surface area contributed by atoms with E-state index in [1.54, 1.807) is 17.8 Å². The summed E-state index contributed by atoms with van der Waals surface area (Å²) < 4.78 is 43.3. The van der Waals surface area contributed by atoms with E-state index in [0.29, 0.717) is 53.7 Å². The molecule has 5 rings (SSSR count). The summed E-state index contributed by atoms with van der Waals surface area (Å²) >= 11 is 0. The Labute approximate surface area is 169 Å². The van der Waals surface area contributed by atoms with Crippen LogP contribution in [-0.2, 0) is 18.3 Å². The standard InChI is InChI=1S/C21H18F2N4O3/c1-26-15-11-24-14-9-13(22)17(12-3-4-16(23)25-10-12)20-18(14)19(15)27(21(26)28)5-8-29-6-2-7-30-20/h3-4,9-11H,2,5-8H2,1H3. The van der Waals surface area contributed by atoms with Crippen LogP contribution in [0, 0.1) is 11.8 Å². The summed E-state index contributed by atoms with van der Waals surface area (Å²) in [6, 6.07) is 3.92. The number of rotatable bonds is 1. The molecule has 3 aromatic heterocycles. The van der Waals surface area contributed by atoms with Crippen LogP contribution in [0.4, 0.5) is 8.78 Å². The normalized spacial score (nSPS) is 14.8. The van der Waals surface area contributed by atoms with Gasteiger partial charge < -0.3 is 9.47 Å². The van der Waals surface area contributed by atoms with Gasteiger partial charge in [-0.2, -0.15) is 4.39 Å². The van der Waals surface area contributed by atoms with Crippen molar-refractivity contribution in [2.45, 2.75) is 13.0 Å². The van der Waals surface area contributed by atoms with Gasteiger partial charge in [-0.25, -0.2) is 14.2 Å². The molecule has 0 bridgehead atoms. The number of halogens is 2. The van der Waals surface area contributed by atoms with Gasteiger partial charge >= 0.3 is 5.69 Å². The Hall–Kier alpha value is -3.33. The molecule has 0 unspecified atom stereocenters. The van der Waals surface area contributed by atoms with Gasteiger partial charge in [0.1, 0.15) is 11.6 Å². The molecule has 0 amide bonds. The first-order chi connectivity index (χ1) is 14.6. The van der Waals surface area contributed by atoms with Gasteiger partial charge in [-0.1, -0.05) is 0 Å². The number of hydrogen-bond acceptors (Lipinski definition) is 5. The minimum absolute atomic E-state index is 0.160. The highest BCUT2D eigenvalue weighted by Gasteiger charge is 2.24. The van der Waals surface area contributed by atoms with Crippen LogP contribution in [0.15, 0.2) is 35.4 Å². The van der Waals surface area contributed by atoms with Gasteiger partial charge in [-0.15, -0.1) is 0 Å². The molecule has 9 heteroatoms. The number of ether oxygens (including phenoxy) is 2. The number of nitrogens with zero attached hydrogens (tertiary/aromatic N) is 4. The number of pyridine rings is 2. The fourth-order valence-electron chi connectivity index (χ4n) is 3.90. The van der Waals surface area contributed by atoms with Crippen molar-refractivity contribution in [1.82, 2.24) is 19.1 Å². The van der Waals surface area contributed by atoms with Crippen LogP contribution in [-0.4, -0.2) is 38.9 Å². The summed E-state index contributed by atoms with van der Waals surface area (Å²) in [5, 5.41) is 0.535. The molecular formula is C21H18F2N4O3. The molecule has 0 atom stereocenters. The van der Waals surface area contributed by atoms with E-state index < -0.39 is 11.8 Å². The molecule has 1 aliphatic heterocycles. The molecule has 0 saturated heterocycles. The lowest BCUT2D eigenvalue weighted by atomic mass is 10.0. The predicted molar refractivity (Wildman–Crippen MR) is 107 cm³/mol. The molecule has 1 aromatic carbocycles. The number of aromatic nitrogens is 4. The van der Waals surface area contributed by atoms with E-state index in [1.807, 2.05) is 0 Å². The monoisotopic (exact) mass is 412 g/mol. The molecule has 154 valence electrons. The SMILES string of the molecule is Cn1c(=O)n2c3c4c(c(-c5ccc(F)nc5)c(F)cc4ncc31)OCCCOCC2. The van der Waals surface area contributed by atoms with Crippen LogP contribution in [0.25, 0.3) is 33.1 Å². The number of benzene rings is 1. The molecular weight excluding hydrogens is 394 g/mol. The molecule has 7 nitrogen and oxygen atoms in total. The highest BCUT2D eigenvalue weighted by Crippen LogP contribution is 2.41. The summed E-state index contributed by atoms with van der Waals surface area (Å²) in [4.78, 5) is 20.9. The Kier molecular flexibility index (Phi) is 4.47. The second-order valence-corrected chi connectivity index (χ2v) is 7.13. The van der Waals surface area contributed by atoms with Gasteiger partial charge in [0.25, 0.3) is 0 Å². The van der Waals surface area contributed by atoms with Crippen LogP contribution >= 0.6 is 0 Å². The van der Waals surface area contributed by atoms with Crippen molar-refractivity contribution >= 4 is 21.9 Å². The second kappa shape index (κ2) is 7.17. The van der Waals surface area contributed by atoms with Gasteiger partial charge in [-0.05, 0) is 12.1 Å². The first-order valence-corrected chi connectivity index (χ1v) is 9.59. The van der Waals surface area contributed by atoms with E-state index in [0.717, 1.165) is 0 Å². The summed E-state index contributed by atoms with van der Waals surface area (Å²) in [7, 11) is 1.66. The summed E-state index contributed by atoms with van der Waals surface area (Å²) in [5.41, 5.74) is 1.89. The minimum Gasteiger partial charge on any atom is -0.492 e. The van der Waals surface area contributed by atoms with E-state index in [-0.39, 0.29) is 23.6 Å². The Balaban J connectivity index is 1.94. The maximum atomic E-state index is 15.2. The highest BCUT2D eigenvalue weighted by molar-refractivity contribution is 6.09. The minimum atomic E-state index is -0.661. The molecule has 0 saturated carbocycles. The van der Waals surface area contributed by atoms with Crippen molar-refractivity contribution in [1.29, 1.82) is 0 Å². The molecule has 0 spiro atoms. The van der Waals surface area contributed by atoms with Gasteiger partial charge in [0.2, 0.25) is 5.95 Å². The van der Waals surface area contributed by atoms with Gasteiger partial charge in [0, 0.05) is 37.9 Å². The van der Waals surface area contributed by atoms with Crippen LogP contribution in [0.2, 0.25) is 0 Å². The van der Waals surface area contributed by atoms with Crippen LogP contribution in [0.1, 0.15) is 6.42 Å². The zero-order valence-corrected chi connectivity index (χ0v) is 16.2. The maximum absolute atomic E-state index is 15.2. The molecule has 0 fully saturated rings. The molecule has 1 aliphatic rings. The van der Waals surface area contributed by atoms with Crippen LogP contribution < -0.4 is 10.4 Å². The topological polar surface area (TPSA) is 71.2 Å². The Bertz CT molecular complexity index is 1330.